The summed E-state index contributed by atoms with van der Waals surface area (Å²) >= 11 is 6.07. The van der Waals surface area contributed by atoms with Crippen LogP contribution < -0.4 is 10.1 Å². The normalized spacial score (nSPS) is 11.1. The quantitative estimate of drug-likeness (QED) is 0.834. The zero-order valence-corrected chi connectivity index (χ0v) is 15.3. The van der Waals surface area contributed by atoms with Crippen molar-refractivity contribution in [2.24, 2.45) is 0 Å². The Kier molecular flexibility index (Phi) is 5.38. The number of ether oxygens (including phenoxy) is 1. The van der Waals surface area contributed by atoms with E-state index in [1.807, 2.05) is 6.07 Å². The predicted molar refractivity (Wildman–Crippen MR) is 98.1 cm³/mol. The Morgan fingerprint density at radius 3 is 2.32 bits per heavy atom. The van der Waals surface area contributed by atoms with Crippen LogP contribution in [-0.4, -0.2) is 24.1 Å². The number of amides is 1. The molecule has 0 bridgehead atoms. The first-order valence-electron chi connectivity index (χ1n) is 7.66. The molecule has 0 radical (unpaired) electrons. The van der Waals surface area contributed by atoms with Crippen molar-refractivity contribution in [2.45, 2.75) is 26.2 Å². The van der Waals surface area contributed by atoms with Crippen LogP contribution in [0.25, 0.3) is 0 Å². The molecule has 2 N–H and O–H groups in total. The van der Waals surface area contributed by atoms with E-state index in [1.54, 1.807) is 12.1 Å². The Morgan fingerprint density at radius 2 is 1.80 bits per heavy atom. The van der Waals surface area contributed by atoms with Gasteiger partial charge in [-0.3, -0.25) is 4.79 Å². The van der Waals surface area contributed by atoms with E-state index < -0.39 is 5.97 Å². The summed E-state index contributed by atoms with van der Waals surface area (Å²) in [5, 5.41) is 11.8. The van der Waals surface area contributed by atoms with E-state index in [1.165, 1.54) is 25.3 Å². The summed E-state index contributed by atoms with van der Waals surface area (Å²) in [6, 6.07) is 9.60. The SMILES string of the molecule is COc1ccc(C(C)(C)C)cc1C(=O)Nc1ccc(C(=O)O)cc1Cl. The van der Waals surface area contributed by atoms with Crippen LogP contribution in [-0.2, 0) is 5.41 Å². The topological polar surface area (TPSA) is 75.6 Å². The number of anilines is 1. The number of benzene rings is 2. The van der Waals surface area contributed by atoms with Crippen molar-refractivity contribution in [3.05, 3.63) is 58.1 Å². The summed E-state index contributed by atoms with van der Waals surface area (Å²) in [7, 11) is 1.50. The third kappa shape index (κ3) is 4.31. The summed E-state index contributed by atoms with van der Waals surface area (Å²) in [6.07, 6.45) is 0. The van der Waals surface area contributed by atoms with Crippen LogP contribution in [0.4, 0.5) is 5.69 Å². The molecule has 2 aromatic carbocycles. The molecule has 0 spiro atoms. The van der Waals surface area contributed by atoms with Crippen molar-refractivity contribution in [3.63, 3.8) is 0 Å². The third-order valence-corrected chi connectivity index (χ3v) is 4.09. The van der Waals surface area contributed by atoms with Crippen molar-refractivity contribution >= 4 is 29.2 Å². The molecule has 0 saturated carbocycles. The maximum absolute atomic E-state index is 12.7. The first kappa shape index (κ1) is 18.8. The molecule has 132 valence electrons. The molecule has 0 aliphatic heterocycles. The van der Waals surface area contributed by atoms with Gasteiger partial charge >= 0.3 is 5.97 Å². The Hall–Kier alpha value is -2.53. The van der Waals surface area contributed by atoms with Crippen LogP contribution in [0.5, 0.6) is 5.75 Å². The van der Waals surface area contributed by atoms with Crippen LogP contribution in [0, 0.1) is 0 Å². The zero-order valence-electron chi connectivity index (χ0n) is 14.5. The van der Waals surface area contributed by atoms with Gasteiger partial charge in [0.2, 0.25) is 0 Å². The van der Waals surface area contributed by atoms with E-state index in [2.05, 4.69) is 26.1 Å². The van der Waals surface area contributed by atoms with Crippen molar-refractivity contribution in [1.29, 1.82) is 0 Å². The van der Waals surface area contributed by atoms with Crippen LogP contribution in [0.2, 0.25) is 5.02 Å². The third-order valence-electron chi connectivity index (χ3n) is 3.77. The first-order valence-corrected chi connectivity index (χ1v) is 8.04. The summed E-state index contributed by atoms with van der Waals surface area (Å²) in [6.45, 7) is 6.16. The number of hydrogen-bond acceptors (Lipinski definition) is 3. The minimum Gasteiger partial charge on any atom is -0.496 e. The van der Waals surface area contributed by atoms with E-state index in [0.717, 1.165) is 5.56 Å². The van der Waals surface area contributed by atoms with Crippen LogP contribution in [0.1, 0.15) is 47.1 Å². The standard InChI is InChI=1S/C19H20ClNO4/c1-19(2,3)12-6-8-16(25-4)13(10-12)17(22)21-15-7-5-11(18(23)24)9-14(15)20/h5-10H,1-4H3,(H,21,22)(H,23,24). The number of rotatable bonds is 4. The lowest BCUT2D eigenvalue weighted by Gasteiger charge is -2.21. The lowest BCUT2D eigenvalue weighted by atomic mass is 9.86. The number of carboxylic acid groups (broad SMARTS) is 1. The molecule has 0 saturated heterocycles. The van der Waals surface area contributed by atoms with Crippen LogP contribution in [0.15, 0.2) is 36.4 Å². The highest BCUT2D eigenvalue weighted by Crippen LogP contribution is 2.30. The van der Waals surface area contributed by atoms with Gasteiger partial charge in [-0.2, -0.15) is 0 Å². The minimum absolute atomic E-state index is 0.0512. The Bertz CT molecular complexity index is 825. The van der Waals surface area contributed by atoms with Gasteiger partial charge in [0, 0.05) is 0 Å². The Labute approximate surface area is 151 Å². The number of carbonyl (C=O) groups is 2. The molecule has 25 heavy (non-hydrogen) atoms. The van der Waals surface area contributed by atoms with E-state index in [0.29, 0.717) is 17.0 Å². The monoisotopic (exact) mass is 361 g/mol. The van der Waals surface area contributed by atoms with Gasteiger partial charge in [0.15, 0.2) is 0 Å². The fourth-order valence-electron chi connectivity index (χ4n) is 2.29. The Balaban J connectivity index is 2.36. The molecule has 6 heteroatoms. The largest absolute Gasteiger partial charge is 0.496 e. The molecule has 0 heterocycles. The van der Waals surface area contributed by atoms with E-state index in [-0.39, 0.29) is 21.9 Å². The molecule has 0 fully saturated rings. The molecule has 0 aliphatic rings. The summed E-state index contributed by atoms with van der Waals surface area (Å²) in [5.41, 5.74) is 1.64. The number of nitrogens with one attached hydrogen (secondary N) is 1. The van der Waals surface area contributed by atoms with E-state index in [9.17, 15) is 9.59 Å². The maximum atomic E-state index is 12.7. The first-order chi connectivity index (χ1) is 11.6. The van der Waals surface area contributed by atoms with Crippen LogP contribution >= 0.6 is 11.6 Å². The van der Waals surface area contributed by atoms with Crippen LogP contribution in [0.3, 0.4) is 0 Å². The lowest BCUT2D eigenvalue weighted by molar-refractivity contribution is 0.0696. The van der Waals surface area contributed by atoms with Gasteiger partial charge in [-0.15, -0.1) is 0 Å². The van der Waals surface area contributed by atoms with Gasteiger partial charge in [0.05, 0.1) is 28.9 Å². The summed E-state index contributed by atoms with van der Waals surface area (Å²) in [5.74, 6) is -1.02. The fraction of sp³-hybridized carbons (Fsp3) is 0.263. The van der Waals surface area contributed by atoms with Gasteiger partial charge in [-0.05, 0) is 41.3 Å². The second-order valence-corrected chi connectivity index (χ2v) is 7.03. The predicted octanol–water partition coefficient (Wildman–Crippen LogP) is 4.60. The fourth-order valence-corrected chi connectivity index (χ4v) is 2.52. The molecule has 2 rings (SSSR count). The molecule has 1 amide bonds. The zero-order chi connectivity index (χ0) is 18.8. The average molecular weight is 362 g/mol. The lowest BCUT2D eigenvalue weighted by Crippen LogP contribution is -2.17. The molecule has 0 atom stereocenters. The highest BCUT2D eigenvalue weighted by Gasteiger charge is 2.20. The van der Waals surface area contributed by atoms with E-state index >= 15 is 0 Å². The molecule has 5 nitrogen and oxygen atoms in total. The molecular weight excluding hydrogens is 342 g/mol. The number of carbonyl (C=O) groups excluding carboxylic acids is 1. The molecule has 0 aromatic heterocycles. The second-order valence-electron chi connectivity index (χ2n) is 6.62. The summed E-state index contributed by atoms with van der Waals surface area (Å²) < 4.78 is 5.28. The number of aromatic carboxylic acids is 1. The molecule has 0 aliphatic carbocycles. The van der Waals surface area contributed by atoms with E-state index in [4.69, 9.17) is 21.4 Å². The second kappa shape index (κ2) is 7.15. The van der Waals surface area contributed by atoms with Gasteiger partial charge in [0.25, 0.3) is 5.91 Å². The molecule has 0 unspecified atom stereocenters. The minimum atomic E-state index is -1.08. The number of carboxylic acids is 1. The number of methoxy groups -OCH3 is 1. The Morgan fingerprint density at radius 1 is 1.12 bits per heavy atom. The number of hydrogen-bond donors (Lipinski definition) is 2. The molecule has 2 aromatic rings. The number of halogens is 1. The summed E-state index contributed by atoms with van der Waals surface area (Å²) in [4.78, 5) is 23.6. The average Bonchev–Trinajstić information content (AvgIpc) is 2.54. The van der Waals surface area contributed by atoms with Gasteiger partial charge in [-0.25, -0.2) is 4.79 Å². The highest BCUT2D eigenvalue weighted by molar-refractivity contribution is 6.34. The molecular formula is C19H20ClNO4. The van der Waals surface area contributed by atoms with Crippen molar-refractivity contribution in [1.82, 2.24) is 0 Å². The van der Waals surface area contributed by atoms with Crippen molar-refractivity contribution in [3.8, 4) is 5.75 Å². The van der Waals surface area contributed by atoms with Crippen molar-refractivity contribution < 1.29 is 19.4 Å². The van der Waals surface area contributed by atoms with Gasteiger partial charge in [0.1, 0.15) is 5.75 Å². The smallest absolute Gasteiger partial charge is 0.335 e. The van der Waals surface area contributed by atoms with Gasteiger partial charge < -0.3 is 15.2 Å². The van der Waals surface area contributed by atoms with Gasteiger partial charge in [-0.1, -0.05) is 38.4 Å². The highest BCUT2D eigenvalue weighted by atomic mass is 35.5. The van der Waals surface area contributed by atoms with Crippen molar-refractivity contribution in [2.75, 3.05) is 12.4 Å². The maximum Gasteiger partial charge on any atom is 0.335 e.